The topological polar surface area (TPSA) is 46.6 Å². The van der Waals surface area contributed by atoms with Crippen molar-refractivity contribution in [2.75, 3.05) is 20.2 Å². The van der Waals surface area contributed by atoms with E-state index in [-0.39, 0.29) is 6.10 Å². The third kappa shape index (κ3) is 3.52. The standard InChI is InChI=1S/C14H19Br2NO3S/c1-9-4-5-17(8-13(9)20-3)21(18,19)14-7-11(15)10(2)6-12(14)16/h6-7,9,13H,4-5,8H2,1-3H3. The molecule has 1 heterocycles. The fraction of sp³-hybridized carbons (Fsp3) is 0.571. The van der Waals surface area contributed by atoms with Gasteiger partial charge < -0.3 is 4.74 Å². The van der Waals surface area contributed by atoms with Crippen LogP contribution in [0.1, 0.15) is 18.9 Å². The van der Waals surface area contributed by atoms with E-state index in [4.69, 9.17) is 4.74 Å². The number of benzene rings is 1. The van der Waals surface area contributed by atoms with Crippen LogP contribution >= 0.6 is 31.9 Å². The maximum atomic E-state index is 12.9. The Balaban J connectivity index is 2.37. The third-order valence-corrected chi connectivity index (χ3v) is 7.66. The van der Waals surface area contributed by atoms with Gasteiger partial charge in [0.1, 0.15) is 0 Å². The van der Waals surface area contributed by atoms with Gasteiger partial charge in [0.05, 0.1) is 11.0 Å². The van der Waals surface area contributed by atoms with Crippen molar-refractivity contribution >= 4 is 41.9 Å². The zero-order valence-electron chi connectivity index (χ0n) is 12.3. The Hall–Kier alpha value is 0.0500. The SMILES string of the molecule is COC1CN(S(=O)(=O)c2cc(Br)c(C)cc2Br)CCC1C. The molecule has 2 atom stereocenters. The fourth-order valence-corrected chi connectivity index (χ4v) is 5.60. The summed E-state index contributed by atoms with van der Waals surface area (Å²) in [4.78, 5) is 0.296. The van der Waals surface area contributed by atoms with Crippen LogP contribution in [-0.4, -0.2) is 39.0 Å². The summed E-state index contributed by atoms with van der Waals surface area (Å²) in [6.07, 6.45) is 0.753. The van der Waals surface area contributed by atoms with Crippen LogP contribution in [0.4, 0.5) is 0 Å². The van der Waals surface area contributed by atoms with Gasteiger partial charge in [0.15, 0.2) is 0 Å². The average Bonchev–Trinajstić information content (AvgIpc) is 2.43. The van der Waals surface area contributed by atoms with Gasteiger partial charge in [-0.3, -0.25) is 0 Å². The molecule has 21 heavy (non-hydrogen) atoms. The van der Waals surface area contributed by atoms with E-state index in [1.807, 2.05) is 13.0 Å². The van der Waals surface area contributed by atoms with Gasteiger partial charge in [-0.15, -0.1) is 0 Å². The number of aryl methyl sites for hydroxylation is 1. The minimum atomic E-state index is -3.52. The first-order valence-corrected chi connectivity index (χ1v) is 9.78. The van der Waals surface area contributed by atoms with Crippen molar-refractivity contribution in [3.63, 3.8) is 0 Å². The van der Waals surface area contributed by atoms with Crippen molar-refractivity contribution in [1.82, 2.24) is 4.31 Å². The highest BCUT2D eigenvalue weighted by Gasteiger charge is 2.34. The molecule has 1 aromatic rings. The molecule has 0 amide bonds. The molecule has 2 unspecified atom stereocenters. The number of methoxy groups -OCH3 is 1. The fourth-order valence-electron chi connectivity index (χ4n) is 2.50. The monoisotopic (exact) mass is 439 g/mol. The Morgan fingerprint density at radius 2 is 1.95 bits per heavy atom. The van der Waals surface area contributed by atoms with Crippen LogP contribution in [0.15, 0.2) is 26.0 Å². The lowest BCUT2D eigenvalue weighted by Gasteiger charge is -2.35. The van der Waals surface area contributed by atoms with E-state index in [0.717, 1.165) is 16.5 Å². The Kier molecular flexibility index (Phi) is 5.52. The first-order chi connectivity index (χ1) is 9.77. The van der Waals surface area contributed by atoms with Crippen LogP contribution in [-0.2, 0) is 14.8 Å². The lowest BCUT2D eigenvalue weighted by molar-refractivity contribution is 0.0183. The van der Waals surface area contributed by atoms with E-state index in [0.29, 0.717) is 28.4 Å². The Morgan fingerprint density at radius 1 is 1.29 bits per heavy atom. The normalized spacial score (nSPS) is 24.2. The summed E-state index contributed by atoms with van der Waals surface area (Å²) in [6.45, 7) is 4.95. The van der Waals surface area contributed by atoms with E-state index in [2.05, 4.69) is 38.8 Å². The summed E-state index contributed by atoms with van der Waals surface area (Å²) in [6, 6.07) is 3.48. The highest BCUT2D eigenvalue weighted by atomic mass is 79.9. The molecule has 118 valence electrons. The van der Waals surface area contributed by atoms with E-state index in [1.54, 1.807) is 13.2 Å². The smallest absolute Gasteiger partial charge is 0.244 e. The van der Waals surface area contributed by atoms with E-state index in [9.17, 15) is 8.42 Å². The second-order valence-corrected chi connectivity index (χ2v) is 9.05. The summed E-state index contributed by atoms with van der Waals surface area (Å²) in [5.74, 6) is 0.370. The maximum absolute atomic E-state index is 12.9. The molecular formula is C14H19Br2NO3S. The number of rotatable bonds is 3. The number of hydrogen-bond donors (Lipinski definition) is 0. The summed E-state index contributed by atoms with van der Waals surface area (Å²) < 4.78 is 34.0. The van der Waals surface area contributed by atoms with Crippen molar-refractivity contribution < 1.29 is 13.2 Å². The number of hydrogen-bond acceptors (Lipinski definition) is 3. The van der Waals surface area contributed by atoms with Crippen molar-refractivity contribution in [1.29, 1.82) is 0 Å². The van der Waals surface area contributed by atoms with Crippen LogP contribution < -0.4 is 0 Å². The number of sulfonamides is 1. The van der Waals surface area contributed by atoms with Crippen LogP contribution in [0.5, 0.6) is 0 Å². The summed E-state index contributed by atoms with van der Waals surface area (Å²) in [5, 5.41) is 0. The minimum Gasteiger partial charge on any atom is -0.380 e. The number of ether oxygens (including phenoxy) is 1. The zero-order valence-corrected chi connectivity index (χ0v) is 16.3. The van der Waals surface area contributed by atoms with Crippen molar-refractivity contribution in [2.45, 2.75) is 31.3 Å². The van der Waals surface area contributed by atoms with Crippen molar-refractivity contribution in [3.8, 4) is 0 Å². The maximum Gasteiger partial charge on any atom is 0.244 e. The van der Waals surface area contributed by atoms with E-state index < -0.39 is 10.0 Å². The lowest BCUT2D eigenvalue weighted by Crippen LogP contribution is -2.46. The number of nitrogens with zero attached hydrogens (tertiary/aromatic N) is 1. The molecule has 1 aliphatic rings. The second kappa shape index (κ2) is 6.66. The van der Waals surface area contributed by atoms with Gasteiger partial charge in [-0.25, -0.2) is 8.42 Å². The molecule has 4 nitrogen and oxygen atoms in total. The number of piperidine rings is 1. The lowest BCUT2D eigenvalue weighted by atomic mass is 9.97. The molecule has 2 rings (SSSR count). The Morgan fingerprint density at radius 3 is 2.57 bits per heavy atom. The first-order valence-electron chi connectivity index (χ1n) is 6.76. The first kappa shape index (κ1) is 17.4. The van der Waals surface area contributed by atoms with E-state index in [1.165, 1.54) is 4.31 Å². The highest BCUT2D eigenvalue weighted by molar-refractivity contribution is 9.11. The molecule has 0 aromatic heterocycles. The molecule has 1 aromatic carbocycles. The van der Waals surface area contributed by atoms with Crippen LogP contribution in [0.3, 0.4) is 0 Å². The van der Waals surface area contributed by atoms with Crippen molar-refractivity contribution in [3.05, 3.63) is 26.6 Å². The molecule has 0 N–H and O–H groups in total. The highest BCUT2D eigenvalue weighted by Crippen LogP contribution is 2.32. The molecule has 0 bridgehead atoms. The van der Waals surface area contributed by atoms with Gasteiger partial charge in [-0.2, -0.15) is 4.31 Å². The van der Waals surface area contributed by atoms with Gasteiger partial charge in [0, 0.05) is 29.1 Å². The molecule has 0 saturated carbocycles. The largest absolute Gasteiger partial charge is 0.380 e. The van der Waals surface area contributed by atoms with Crippen molar-refractivity contribution in [2.24, 2.45) is 5.92 Å². The van der Waals surface area contributed by atoms with Gasteiger partial charge >= 0.3 is 0 Å². The molecule has 1 fully saturated rings. The van der Waals surface area contributed by atoms with Crippen LogP contribution in [0, 0.1) is 12.8 Å². The Labute approximate surface area is 143 Å². The van der Waals surface area contributed by atoms with Crippen LogP contribution in [0.25, 0.3) is 0 Å². The Bertz CT molecular complexity index is 633. The molecule has 1 saturated heterocycles. The molecule has 0 radical (unpaired) electrons. The van der Waals surface area contributed by atoms with E-state index >= 15 is 0 Å². The predicted molar refractivity (Wildman–Crippen MR) is 89.9 cm³/mol. The third-order valence-electron chi connectivity index (χ3n) is 3.99. The summed E-state index contributed by atoms with van der Waals surface area (Å²) in [7, 11) is -1.89. The molecule has 0 spiro atoms. The molecular weight excluding hydrogens is 422 g/mol. The summed E-state index contributed by atoms with van der Waals surface area (Å²) in [5.41, 5.74) is 0.989. The second-order valence-electron chi connectivity index (χ2n) is 5.43. The molecule has 0 aliphatic carbocycles. The van der Waals surface area contributed by atoms with Gasteiger partial charge in [0.25, 0.3) is 0 Å². The van der Waals surface area contributed by atoms with Crippen LogP contribution in [0.2, 0.25) is 0 Å². The average molecular weight is 441 g/mol. The summed E-state index contributed by atoms with van der Waals surface area (Å²) >= 11 is 6.77. The molecule has 7 heteroatoms. The van der Waals surface area contributed by atoms with Gasteiger partial charge in [-0.05, 0) is 52.9 Å². The zero-order chi connectivity index (χ0) is 15.8. The number of halogens is 2. The van der Waals surface area contributed by atoms with Gasteiger partial charge in [-0.1, -0.05) is 22.9 Å². The predicted octanol–water partition coefficient (Wildman–Crippen LogP) is 3.57. The minimum absolute atomic E-state index is 0.0545. The van der Waals surface area contributed by atoms with Gasteiger partial charge in [0.2, 0.25) is 10.0 Å². The quantitative estimate of drug-likeness (QED) is 0.721. The molecule has 1 aliphatic heterocycles.